The van der Waals surface area contributed by atoms with Crippen molar-refractivity contribution >= 4 is 11.3 Å². The molecule has 0 bridgehead atoms. The van der Waals surface area contributed by atoms with E-state index in [4.69, 9.17) is 4.52 Å². The second-order valence-corrected chi connectivity index (χ2v) is 5.94. The number of benzene rings is 1. The van der Waals surface area contributed by atoms with Crippen LogP contribution in [0, 0.1) is 20.8 Å². The molecule has 0 aliphatic heterocycles. The third-order valence-electron chi connectivity index (χ3n) is 3.30. The van der Waals surface area contributed by atoms with Gasteiger partial charge in [-0.05, 0) is 32.4 Å². The van der Waals surface area contributed by atoms with Crippen LogP contribution in [0.4, 0.5) is 0 Å². The van der Waals surface area contributed by atoms with E-state index < -0.39 is 0 Å². The van der Waals surface area contributed by atoms with Crippen molar-refractivity contribution in [3.05, 3.63) is 33.8 Å². The standard InChI is InChI=1S/C15H14N2O3S/c1-7-4-10(13(19)5-12(7)18)15-14(8(2)17-20-15)11-6-21-9(3)16-11/h4-6,18-19H,1-3H3. The lowest BCUT2D eigenvalue weighted by Gasteiger charge is -2.06. The minimum Gasteiger partial charge on any atom is -0.508 e. The Morgan fingerprint density at radius 2 is 1.86 bits per heavy atom. The van der Waals surface area contributed by atoms with E-state index in [9.17, 15) is 10.2 Å². The van der Waals surface area contributed by atoms with E-state index in [0.717, 1.165) is 16.3 Å². The molecule has 0 radical (unpaired) electrons. The fourth-order valence-electron chi connectivity index (χ4n) is 2.20. The molecule has 21 heavy (non-hydrogen) atoms. The van der Waals surface area contributed by atoms with Crippen LogP contribution in [0.5, 0.6) is 11.5 Å². The normalized spacial score (nSPS) is 11.0. The molecule has 2 aromatic heterocycles. The Kier molecular flexibility index (Phi) is 3.17. The summed E-state index contributed by atoms with van der Waals surface area (Å²) in [6.45, 7) is 5.52. The van der Waals surface area contributed by atoms with Gasteiger partial charge in [0, 0.05) is 11.4 Å². The van der Waals surface area contributed by atoms with Crippen LogP contribution in [0.1, 0.15) is 16.3 Å². The predicted octanol–water partition coefficient (Wildman–Crippen LogP) is 3.80. The van der Waals surface area contributed by atoms with E-state index in [0.29, 0.717) is 22.6 Å². The minimum absolute atomic E-state index is 0.0403. The fourth-order valence-corrected chi connectivity index (χ4v) is 2.80. The Morgan fingerprint density at radius 3 is 2.52 bits per heavy atom. The zero-order valence-electron chi connectivity index (χ0n) is 11.8. The summed E-state index contributed by atoms with van der Waals surface area (Å²) in [5, 5.41) is 26.6. The molecule has 5 nitrogen and oxygen atoms in total. The average Bonchev–Trinajstić information content (AvgIpc) is 3.00. The Morgan fingerprint density at radius 1 is 1.10 bits per heavy atom. The van der Waals surface area contributed by atoms with Gasteiger partial charge in [0.2, 0.25) is 0 Å². The maximum atomic E-state index is 10.1. The molecule has 3 aromatic rings. The highest BCUT2D eigenvalue weighted by molar-refractivity contribution is 7.09. The molecule has 0 aliphatic carbocycles. The maximum absolute atomic E-state index is 10.1. The molecule has 108 valence electrons. The van der Waals surface area contributed by atoms with E-state index >= 15 is 0 Å². The summed E-state index contributed by atoms with van der Waals surface area (Å²) in [5.74, 6) is 0.444. The molecule has 0 unspecified atom stereocenters. The number of aromatic hydroxyl groups is 2. The molecule has 1 aromatic carbocycles. The minimum atomic E-state index is -0.0533. The van der Waals surface area contributed by atoms with Crippen molar-refractivity contribution in [3.63, 3.8) is 0 Å². The molecular weight excluding hydrogens is 288 g/mol. The van der Waals surface area contributed by atoms with E-state index in [1.807, 2.05) is 19.2 Å². The first-order chi connectivity index (χ1) is 9.97. The summed E-state index contributed by atoms with van der Waals surface area (Å²) in [7, 11) is 0. The van der Waals surface area contributed by atoms with Crippen molar-refractivity contribution in [3.8, 4) is 34.1 Å². The molecule has 0 amide bonds. The van der Waals surface area contributed by atoms with Crippen LogP contribution in [0.15, 0.2) is 22.0 Å². The Bertz CT molecular complexity index is 820. The van der Waals surface area contributed by atoms with Gasteiger partial charge in [0.25, 0.3) is 0 Å². The van der Waals surface area contributed by atoms with Crippen LogP contribution in [-0.4, -0.2) is 20.4 Å². The first-order valence-corrected chi connectivity index (χ1v) is 7.27. The highest BCUT2D eigenvalue weighted by Crippen LogP contribution is 2.41. The van der Waals surface area contributed by atoms with Crippen LogP contribution in [0.2, 0.25) is 0 Å². The number of rotatable bonds is 2. The molecule has 3 rings (SSSR count). The van der Waals surface area contributed by atoms with Crippen LogP contribution in [0.25, 0.3) is 22.6 Å². The number of aryl methyl sites for hydroxylation is 3. The van der Waals surface area contributed by atoms with Gasteiger partial charge in [-0.1, -0.05) is 5.16 Å². The van der Waals surface area contributed by atoms with Gasteiger partial charge in [0.15, 0.2) is 5.76 Å². The molecule has 6 heteroatoms. The zero-order chi connectivity index (χ0) is 15.1. The van der Waals surface area contributed by atoms with Gasteiger partial charge in [-0.15, -0.1) is 11.3 Å². The van der Waals surface area contributed by atoms with E-state index in [-0.39, 0.29) is 11.5 Å². The number of thiazole rings is 1. The molecule has 0 saturated heterocycles. The second-order valence-electron chi connectivity index (χ2n) is 4.88. The van der Waals surface area contributed by atoms with Crippen molar-refractivity contribution in [2.75, 3.05) is 0 Å². The number of aromatic nitrogens is 2. The van der Waals surface area contributed by atoms with Gasteiger partial charge in [0.1, 0.15) is 11.5 Å². The van der Waals surface area contributed by atoms with Gasteiger partial charge in [-0.25, -0.2) is 4.98 Å². The van der Waals surface area contributed by atoms with E-state index in [2.05, 4.69) is 10.1 Å². The lowest BCUT2D eigenvalue weighted by atomic mass is 10.0. The predicted molar refractivity (Wildman–Crippen MR) is 80.6 cm³/mol. The van der Waals surface area contributed by atoms with Crippen molar-refractivity contribution < 1.29 is 14.7 Å². The molecule has 2 N–H and O–H groups in total. The topological polar surface area (TPSA) is 79.4 Å². The quantitative estimate of drug-likeness (QED) is 0.752. The Balaban J connectivity index is 2.23. The monoisotopic (exact) mass is 302 g/mol. The number of nitrogens with zero attached hydrogens (tertiary/aromatic N) is 2. The van der Waals surface area contributed by atoms with Gasteiger partial charge < -0.3 is 14.7 Å². The van der Waals surface area contributed by atoms with Crippen LogP contribution in [0.3, 0.4) is 0 Å². The maximum Gasteiger partial charge on any atom is 0.180 e. The van der Waals surface area contributed by atoms with Crippen molar-refractivity contribution in [2.45, 2.75) is 20.8 Å². The molecule has 2 heterocycles. The summed E-state index contributed by atoms with van der Waals surface area (Å²) in [6, 6.07) is 2.98. The second kappa shape index (κ2) is 4.89. The third-order valence-corrected chi connectivity index (χ3v) is 4.07. The number of phenols is 2. The van der Waals surface area contributed by atoms with Crippen LogP contribution >= 0.6 is 11.3 Å². The molecule has 0 fully saturated rings. The molecule has 0 aliphatic rings. The van der Waals surface area contributed by atoms with Crippen LogP contribution < -0.4 is 0 Å². The Hall–Kier alpha value is -2.34. The van der Waals surface area contributed by atoms with Crippen molar-refractivity contribution in [1.82, 2.24) is 10.1 Å². The third kappa shape index (κ3) is 2.27. The van der Waals surface area contributed by atoms with E-state index in [1.165, 1.54) is 6.07 Å². The van der Waals surface area contributed by atoms with Gasteiger partial charge in [-0.2, -0.15) is 0 Å². The summed E-state index contributed by atoms with van der Waals surface area (Å²) in [5.41, 5.74) is 3.39. The molecule has 0 spiro atoms. The summed E-state index contributed by atoms with van der Waals surface area (Å²) in [4.78, 5) is 4.46. The van der Waals surface area contributed by atoms with Crippen molar-refractivity contribution in [2.24, 2.45) is 0 Å². The summed E-state index contributed by atoms with van der Waals surface area (Å²) < 4.78 is 5.39. The van der Waals surface area contributed by atoms with Crippen LogP contribution in [-0.2, 0) is 0 Å². The average molecular weight is 302 g/mol. The highest BCUT2D eigenvalue weighted by atomic mass is 32.1. The molecule has 0 saturated carbocycles. The van der Waals surface area contributed by atoms with Gasteiger partial charge >= 0.3 is 0 Å². The Labute approximate surface area is 125 Å². The van der Waals surface area contributed by atoms with Gasteiger partial charge in [0.05, 0.1) is 27.5 Å². The molecule has 0 atom stereocenters. The SMILES string of the molecule is Cc1nc(-c2c(C)noc2-c2cc(C)c(O)cc2O)cs1. The number of hydrogen-bond acceptors (Lipinski definition) is 6. The first kappa shape index (κ1) is 13.6. The fraction of sp³-hybridized carbons (Fsp3) is 0.200. The lowest BCUT2D eigenvalue weighted by molar-refractivity contribution is 0.419. The highest BCUT2D eigenvalue weighted by Gasteiger charge is 2.22. The number of phenolic OH excluding ortho intramolecular Hbond substituents is 2. The zero-order valence-corrected chi connectivity index (χ0v) is 12.7. The number of hydrogen-bond donors (Lipinski definition) is 2. The van der Waals surface area contributed by atoms with Crippen molar-refractivity contribution in [1.29, 1.82) is 0 Å². The lowest BCUT2D eigenvalue weighted by Crippen LogP contribution is -1.86. The largest absolute Gasteiger partial charge is 0.508 e. The smallest absolute Gasteiger partial charge is 0.180 e. The van der Waals surface area contributed by atoms with Gasteiger partial charge in [-0.3, -0.25) is 0 Å². The summed E-state index contributed by atoms with van der Waals surface area (Å²) >= 11 is 1.54. The summed E-state index contributed by atoms with van der Waals surface area (Å²) in [6.07, 6.45) is 0. The molecular formula is C15H14N2O3S. The van der Waals surface area contributed by atoms with E-state index in [1.54, 1.807) is 24.3 Å². The first-order valence-electron chi connectivity index (χ1n) is 6.39.